The summed E-state index contributed by atoms with van der Waals surface area (Å²) < 4.78 is 13.7. The Bertz CT molecular complexity index is 416. The van der Waals surface area contributed by atoms with Gasteiger partial charge in [0.15, 0.2) is 0 Å². The second kappa shape index (κ2) is 5.55. The summed E-state index contributed by atoms with van der Waals surface area (Å²) in [6.45, 7) is 4.87. The zero-order valence-corrected chi connectivity index (χ0v) is 11.4. The zero-order chi connectivity index (χ0) is 13.2. The number of hydrogen-bond donors (Lipinski definition) is 1. The summed E-state index contributed by atoms with van der Waals surface area (Å²) in [4.78, 5) is 2.30. The second-order valence-corrected chi connectivity index (χ2v) is 5.51. The topological polar surface area (TPSA) is 23.5 Å². The minimum Gasteiger partial charge on any atom is -0.389 e. The maximum atomic E-state index is 13.7. The standard InChI is InChI=1S/C14H19ClFNO/c1-2-17-7-5-14(18,6-8-17)10-11-3-4-12(15)9-13(11)16/h3-4,9,18H,2,5-8,10H2,1H3. The number of rotatable bonds is 3. The lowest BCUT2D eigenvalue weighted by molar-refractivity contribution is -0.0199. The van der Waals surface area contributed by atoms with E-state index in [0.717, 1.165) is 19.6 Å². The van der Waals surface area contributed by atoms with E-state index in [1.165, 1.54) is 6.07 Å². The molecule has 1 aliphatic rings. The van der Waals surface area contributed by atoms with Crippen molar-refractivity contribution in [2.75, 3.05) is 19.6 Å². The van der Waals surface area contributed by atoms with Crippen LogP contribution in [0, 0.1) is 5.82 Å². The molecule has 0 bridgehead atoms. The van der Waals surface area contributed by atoms with Crippen LogP contribution in [-0.2, 0) is 6.42 Å². The predicted molar refractivity (Wildman–Crippen MR) is 71.4 cm³/mol. The van der Waals surface area contributed by atoms with Gasteiger partial charge in [-0.05, 0) is 37.1 Å². The molecule has 1 fully saturated rings. The number of piperidine rings is 1. The van der Waals surface area contributed by atoms with Crippen LogP contribution in [0.5, 0.6) is 0 Å². The Kier molecular flexibility index (Phi) is 4.25. The first-order chi connectivity index (χ1) is 8.52. The molecule has 1 saturated heterocycles. The van der Waals surface area contributed by atoms with E-state index in [9.17, 15) is 9.50 Å². The maximum absolute atomic E-state index is 13.7. The van der Waals surface area contributed by atoms with Gasteiger partial charge in [-0.3, -0.25) is 0 Å². The molecule has 18 heavy (non-hydrogen) atoms. The third kappa shape index (κ3) is 3.22. The molecule has 0 aromatic heterocycles. The van der Waals surface area contributed by atoms with Gasteiger partial charge in [0.25, 0.3) is 0 Å². The predicted octanol–water partition coefficient (Wildman–Crippen LogP) is 2.87. The van der Waals surface area contributed by atoms with Gasteiger partial charge in [0.2, 0.25) is 0 Å². The van der Waals surface area contributed by atoms with Crippen LogP contribution in [0.15, 0.2) is 18.2 Å². The average molecular weight is 272 g/mol. The monoisotopic (exact) mass is 271 g/mol. The fraction of sp³-hybridized carbons (Fsp3) is 0.571. The number of hydrogen-bond acceptors (Lipinski definition) is 2. The van der Waals surface area contributed by atoms with E-state index in [4.69, 9.17) is 11.6 Å². The number of likely N-dealkylation sites (tertiary alicyclic amines) is 1. The van der Waals surface area contributed by atoms with Crippen LogP contribution < -0.4 is 0 Å². The van der Waals surface area contributed by atoms with Crippen molar-refractivity contribution in [3.8, 4) is 0 Å². The van der Waals surface area contributed by atoms with Crippen LogP contribution in [0.3, 0.4) is 0 Å². The molecule has 1 aliphatic heterocycles. The number of halogens is 2. The Hall–Kier alpha value is -0.640. The zero-order valence-electron chi connectivity index (χ0n) is 10.6. The van der Waals surface area contributed by atoms with E-state index in [0.29, 0.717) is 29.8 Å². The molecular weight excluding hydrogens is 253 g/mol. The molecule has 0 aliphatic carbocycles. The lowest BCUT2D eigenvalue weighted by atomic mass is 9.85. The summed E-state index contributed by atoms with van der Waals surface area (Å²) in [7, 11) is 0. The summed E-state index contributed by atoms with van der Waals surface area (Å²) in [5, 5.41) is 10.9. The first-order valence-corrected chi connectivity index (χ1v) is 6.79. The Balaban J connectivity index is 2.04. The van der Waals surface area contributed by atoms with Gasteiger partial charge in [0, 0.05) is 24.5 Å². The molecule has 1 N–H and O–H groups in total. The minimum absolute atomic E-state index is 0.325. The van der Waals surface area contributed by atoms with Crippen molar-refractivity contribution in [2.45, 2.75) is 31.8 Å². The van der Waals surface area contributed by atoms with Crippen molar-refractivity contribution in [3.63, 3.8) is 0 Å². The lowest BCUT2D eigenvalue weighted by Gasteiger charge is -2.38. The van der Waals surface area contributed by atoms with Crippen molar-refractivity contribution in [1.29, 1.82) is 0 Å². The Morgan fingerprint density at radius 2 is 2.06 bits per heavy atom. The molecule has 0 spiro atoms. The van der Waals surface area contributed by atoms with Crippen LogP contribution >= 0.6 is 11.6 Å². The molecule has 0 atom stereocenters. The normalized spacial score (nSPS) is 20.0. The van der Waals surface area contributed by atoms with E-state index >= 15 is 0 Å². The van der Waals surface area contributed by atoms with Crippen LogP contribution in [-0.4, -0.2) is 35.2 Å². The quantitative estimate of drug-likeness (QED) is 0.914. The summed E-state index contributed by atoms with van der Waals surface area (Å²) in [5.74, 6) is -0.325. The molecule has 0 radical (unpaired) electrons. The molecule has 1 heterocycles. The second-order valence-electron chi connectivity index (χ2n) is 5.07. The fourth-order valence-corrected chi connectivity index (χ4v) is 2.64. The van der Waals surface area contributed by atoms with Crippen LogP contribution in [0.1, 0.15) is 25.3 Å². The van der Waals surface area contributed by atoms with Crippen LogP contribution in [0.2, 0.25) is 5.02 Å². The summed E-state index contributed by atoms with van der Waals surface area (Å²) >= 11 is 5.72. The van der Waals surface area contributed by atoms with Crippen molar-refractivity contribution < 1.29 is 9.50 Å². The van der Waals surface area contributed by atoms with Crippen molar-refractivity contribution in [2.24, 2.45) is 0 Å². The third-order valence-electron chi connectivity index (χ3n) is 3.77. The molecule has 2 nitrogen and oxygen atoms in total. The molecule has 0 saturated carbocycles. The fourth-order valence-electron chi connectivity index (χ4n) is 2.48. The van der Waals surface area contributed by atoms with Gasteiger partial charge in [-0.15, -0.1) is 0 Å². The molecule has 0 amide bonds. The maximum Gasteiger partial charge on any atom is 0.127 e. The Morgan fingerprint density at radius 3 is 2.61 bits per heavy atom. The molecule has 1 aromatic carbocycles. The van der Waals surface area contributed by atoms with Gasteiger partial charge in [-0.25, -0.2) is 4.39 Å². The van der Waals surface area contributed by atoms with Gasteiger partial charge in [-0.2, -0.15) is 0 Å². The van der Waals surface area contributed by atoms with Gasteiger partial charge < -0.3 is 10.0 Å². The van der Waals surface area contributed by atoms with Gasteiger partial charge in [-0.1, -0.05) is 24.6 Å². The largest absolute Gasteiger partial charge is 0.389 e. The summed E-state index contributed by atoms with van der Waals surface area (Å²) in [6.07, 6.45) is 1.76. The third-order valence-corrected chi connectivity index (χ3v) is 4.00. The Labute approximate surface area is 112 Å². The van der Waals surface area contributed by atoms with E-state index < -0.39 is 5.60 Å². The lowest BCUT2D eigenvalue weighted by Crippen LogP contribution is -2.45. The molecule has 0 unspecified atom stereocenters. The summed E-state index contributed by atoms with van der Waals surface area (Å²) in [5.41, 5.74) is -0.229. The Morgan fingerprint density at radius 1 is 1.39 bits per heavy atom. The highest BCUT2D eigenvalue weighted by Crippen LogP contribution is 2.28. The van der Waals surface area contributed by atoms with Gasteiger partial charge >= 0.3 is 0 Å². The SMILES string of the molecule is CCN1CCC(O)(Cc2ccc(Cl)cc2F)CC1. The van der Waals surface area contributed by atoms with E-state index in [1.807, 2.05) is 0 Å². The molecule has 4 heteroatoms. The molecular formula is C14H19ClFNO. The van der Waals surface area contributed by atoms with E-state index in [1.54, 1.807) is 12.1 Å². The number of benzene rings is 1. The van der Waals surface area contributed by atoms with Crippen molar-refractivity contribution >= 4 is 11.6 Å². The molecule has 100 valence electrons. The highest BCUT2D eigenvalue weighted by Gasteiger charge is 2.32. The van der Waals surface area contributed by atoms with E-state index in [-0.39, 0.29) is 5.82 Å². The minimum atomic E-state index is -0.777. The van der Waals surface area contributed by atoms with Crippen LogP contribution in [0.4, 0.5) is 4.39 Å². The van der Waals surface area contributed by atoms with Crippen molar-refractivity contribution in [3.05, 3.63) is 34.6 Å². The van der Waals surface area contributed by atoms with Gasteiger partial charge in [0.05, 0.1) is 5.60 Å². The first kappa shape index (κ1) is 13.8. The summed E-state index contributed by atoms with van der Waals surface area (Å²) in [6, 6.07) is 4.65. The highest BCUT2D eigenvalue weighted by atomic mass is 35.5. The van der Waals surface area contributed by atoms with Crippen molar-refractivity contribution in [1.82, 2.24) is 4.90 Å². The number of nitrogens with zero attached hydrogens (tertiary/aromatic N) is 1. The van der Waals surface area contributed by atoms with E-state index in [2.05, 4.69) is 11.8 Å². The van der Waals surface area contributed by atoms with Gasteiger partial charge in [0.1, 0.15) is 5.82 Å². The average Bonchev–Trinajstić information content (AvgIpc) is 2.34. The highest BCUT2D eigenvalue weighted by molar-refractivity contribution is 6.30. The van der Waals surface area contributed by atoms with Crippen LogP contribution in [0.25, 0.3) is 0 Å². The number of aliphatic hydroxyl groups is 1. The molecule has 2 rings (SSSR count). The molecule has 1 aromatic rings. The smallest absolute Gasteiger partial charge is 0.127 e. The first-order valence-electron chi connectivity index (χ1n) is 6.41.